The van der Waals surface area contributed by atoms with Gasteiger partial charge in [-0.15, -0.1) is 11.3 Å². The molecule has 0 aliphatic carbocycles. The molecule has 4 nitrogen and oxygen atoms in total. The zero-order valence-corrected chi connectivity index (χ0v) is 8.74. The standard InChI is InChI=1S/C10H10N2O2S/c11-8(4-7-2-1-3-14-7)10(13)9-5-15-6-12-9/h1-3,5-6,8H,4,11H2. The van der Waals surface area contributed by atoms with Crippen molar-refractivity contribution >= 4 is 17.1 Å². The fourth-order valence-electron chi connectivity index (χ4n) is 1.26. The molecule has 2 heterocycles. The summed E-state index contributed by atoms with van der Waals surface area (Å²) in [4.78, 5) is 15.6. The molecular formula is C10H10N2O2S. The average molecular weight is 222 g/mol. The molecule has 0 saturated carbocycles. The van der Waals surface area contributed by atoms with Gasteiger partial charge in [0, 0.05) is 11.8 Å². The fraction of sp³-hybridized carbons (Fsp3) is 0.200. The molecule has 78 valence electrons. The van der Waals surface area contributed by atoms with E-state index >= 15 is 0 Å². The number of nitrogens with two attached hydrogens (primary N) is 1. The summed E-state index contributed by atoms with van der Waals surface area (Å²) < 4.78 is 5.12. The van der Waals surface area contributed by atoms with Gasteiger partial charge < -0.3 is 10.2 Å². The number of ketones is 1. The minimum atomic E-state index is -0.585. The van der Waals surface area contributed by atoms with Gasteiger partial charge in [0.25, 0.3) is 0 Å². The molecule has 0 aliphatic rings. The van der Waals surface area contributed by atoms with Gasteiger partial charge in [-0.2, -0.15) is 0 Å². The van der Waals surface area contributed by atoms with Crippen LogP contribution in [0.15, 0.2) is 33.7 Å². The van der Waals surface area contributed by atoms with Crippen LogP contribution in [0.5, 0.6) is 0 Å². The van der Waals surface area contributed by atoms with E-state index in [1.165, 1.54) is 11.3 Å². The highest BCUT2D eigenvalue weighted by molar-refractivity contribution is 7.07. The van der Waals surface area contributed by atoms with E-state index in [4.69, 9.17) is 10.2 Å². The highest BCUT2D eigenvalue weighted by Gasteiger charge is 2.18. The van der Waals surface area contributed by atoms with Crippen molar-refractivity contribution in [3.63, 3.8) is 0 Å². The first-order chi connectivity index (χ1) is 7.27. The van der Waals surface area contributed by atoms with Crippen LogP contribution in [0.2, 0.25) is 0 Å². The third kappa shape index (κ3) is 2.31. The predicted octanol–water partition coefficient (Wildman–Crippen LogP) is 1.49. The molecule has 1 atom stereocenters. The molecule has 15 heavy (non-hydrogen) atoms. The number of hydrogen-bond donors (Lipinski definition) is 1. The van der Waals surface area contributed by atoms with Gasteiger partial charge in [-0.25, -0.2) is 4.98 Å². The third-order valence-corrected chi connectivity index (χ3v) is 2.61. The summed E-state index contributed by atoms with van der Waals surface area (Å²) in [5, 5.41) is 1.70. The minimum absolute atomic E-state index is 0.146. The molecule has 0 saturated heterocycles. The van der Waals surface area contributed by atoms with E-state index in [1.807, 2.05) is 0 Å². The van der Waals surface area contributed by atoms with Crippen LogP contribution < -0.4 is 5.73 Å². The molecule has 2 aromatic rings. The lowest BCUT2D eigenvalue weighted by Gasteiger charge is -2.06. The van der Waals surface area contributed by atoms with Crippen molar-refractivity contribution in [3.05, 3.63) is 40.7 Å². The van der Waals surface area contributed by atoms with Crippen LogP contribution in [0, 0.1) is 0 Å². The Balaban J connectivity index is 2.03. The first-order valence-corrected chi connectivity index (χ1v) is 5.42. The van der Waals surface area contributed by atoms with E-state index in [9.17, 15) is 4.79 Å². The van der Waals surface area contributed by atoms with Crippen molar-refractivity contribution in [3.8, 4) is 0 Å². The van der Waals surface area contributed by atoms with Crippen LogP contribution in [0.3, 0.4) is 0 Å². The van der Waals surface area contributed by atoms with E-state index in [0.29, 0.717) is 17.9 Å². The number of rotatable bonds is 4. The van der Waals surface area contributed by atoms with Crippen LogP contribution >= 0.6 is 11.3 Å². The van der Waals surface area contributed by atoms with Crippen molar-refractivity contribution in [1.82, 2.24) is 4.98 Å². The Morgan fingerprint density at radius 1 is 1.67 bits per heavy atom. The lowest BCUT2D eigenvalue weighted by molar-refractivity contribution is 0.0954. The molecule has 0 radical (unpaired) electrons. The molecular weight excluding hydrogens is 212 g/mol. The topological polar surface area (TPSA) is 69.1 Å². The van der Waals surface area contributed by atoms with Gasteiger partial charge in [0.15, 0.2) is 5.78 Å². The number of carbonyl (C=O) groups is 1. The molecule has 1 unspecified atom stereocenters. The van der Waals surface area contributed by atoms with Crippen molar-refractivity contribution in [1.29, 1.82) is 0 Å². The number of furan rings is 1. The molecule has 2 aromatic heterocycles. The largest absolute Gasteiger partial charge is 0.469 e. The molecule has 0 amide bonds. The number of aromatic nitrogens is 1. The number of thiazole rings is 1. The quantitative estimate of drug-likeness (QED) is 0.796. The Kier molecular flexibility index (Phi) is 2.94. The first-order valence-electron chi connectivity index (χ1n) is 4.47. The Hall–Kier alpha value is -1.46. The van der Waals surface area contributed by atoms with E-state index < -0.39 is 6.04 Å². The van der Waals surface area contributed by atoms with Gasteiger partial charge in [-0.1, -0.05) is 0 Å². The zero-order chi connectivity index (χ0) is 10.7. The highest BCUT2D eigenvalue weighted by Crippen LogP contribution is 2.08. The minimum Gasteiger partial charge on any atom is -0.469 e. The Morgan fingerprint density at radius 3 is 3.13 bits per heavy atom. The summed E-state index contributed by atoms with van der Waals surface area (Å²) in [6.45, 7) is 0. The summed E-state index contributed by atoms with van der Waals surface area (Å²) in [6.07, 6.45) is 1.97. The number of carbonyl (C=O) groups excluding carboxylic acids is 1. The van der Waals surface area contributed by atoms with Crippen LogP contribution in [-0.4, -0.2) is 16.8 Å². The van der Waals surface area contributed by atoms with Gasteiger partial charge in [-0.05, 0) is 12.1 Å². The van der Waals surface area contributed by atoms with E-state index in [1.54, 1.807) is 29.3 Å². The van der Waals surface area contributed by atoms with Crippen LogP contribution in [0.25, 0.3) is 0 Å². The van der Waals surface area contributed by atoms with Crippen molar-refractivity contribution in [2.24, 2.45) is 5.73 Å². The maximum atomic E-state index is 11.7. The summed E-state index contributed by atoms with van der Waals surface area (Å²) >= 11 is 1.38. The molecule has 2 N–H and O–H groups in total. The van der Waals surface area contributed by atoms with E-state index in [-0.39, 0.29) is 5.78 Å². The maximum absolute atomic E-state index is 11.7. The molecule has 5 heteroatoms. The van der Waals surface area contributed by atoms with Gasteiger partial charge in [0.05, 0.1) is 17.8 Å². The third-order valence-electron chi connectivity index (χ3n) is 2.02. The lowest BCUT2D eigenvalue weighted by atomic mass is 10.1. The molecule has 2 rings (SSSR count). The fourth-order valence-corrected chi connectivity index (χ4v) is 1.80. The normalized spacial score (nSPS) is 12.6. The first kappa shape index (κ1) is 10.1. The van der Waals surface area contributed by atoms with Gasteiger partial charge in [-0.3, -0.25) is 4.79 Å². The van der Waals surface area contributed by atoms with Gasteiger partial charge >= 0.3 is 0 Å². The predicted molar refractivity (Wildman–Crippen MR) is 56.8 cm³/mol. The van der Waals surface area contributed by atoms with Crippen LogP contribution in [0.1, 0.15) is 16.2 Å². The molecule has 0 fully saturated rings. The highest BCUT2D eigenvalue weighted by atomic mass is 32.1. The van der Waals surface area contributed by atoms with Gasteiger partial charge in [0.2, 0.25) is 0 Å². The molecule has 0 bridgehead atoms. The number of hydrogen-bond acceptors (Lipinski definition) is 5. The number of nitrogens with zero attached hydrogens (tertiary/aromatic N) is 1. The second-order valence-electron chi connectivity index (χ2n) is 3.13. The molecule has 0 aliphatic heterocycles. The smallest absolute Gasteiger partial charge is 0.199 e. The Morgan fingerprint density at radius 2 is 2.53 bits per heavy atom. The van der Waals surface area contributed by atoms with Gasteiger partial charge in [0.1, 0.15) is 11.5 Å². The molecule has 0 spiro atoms. The maximum Gasteiger partial charge on any atom is 0.199 e. The van der Waals surface area contributed by atoms with Crippen LogP contribution in [-0.2, 0) is 6.42 Å². The van der Waals surface area contributed by atoms with E-state index in [0.717, 1.165) is 0 Å². The van der Waals surface area contributed by atoms with Crippen molar-refractivity contribution in [2.75, 3.05) is 0 Å². The SMILES string of the molecule is NC(Cc1ccco1)C(=O)c1cscn1. The lowest BCUT2D eigenvalue weighted by Crippen LogP contribution is -2.32. The Labute approximate surface area is 90.7 Å². The Bertz CT molecular complexity index is 422. The molecule has 0 aromatic carbocycles. The summed E-state index contributed by atoms with van der Waals surface area (Å²) in [5.74, 6) is 0.568. The zero-order valence-electron chi connectivity index (χ0n) is 7.92. The van der Waals surface area contributed by atoms with Crippen molar-refractivity contribution < 1.29 is 9.21 Å². The van der Waals surface area contributed by atoms with Crippen molar-refractivity contribution in [2.45, 2.75) is 12.5 Å². The summed E-state index contributed by atoms with van der Waals surface area (Å²) in [6, 6.07) is 2.99. The summed E-state index contributed by atoms with van der Waals surface area (Å²) in [7, 11) is 0. The van der Waals surface area contributed by atoms with E-state index in [2.05, 4.69) is 4.98 Å². The second-order valence-corrected chi connectivity index (χ2v) is 3.85. The second kappa shape index (κ2) is 4.37. The monoisotopic (exact) mass is 222 g/mol. The number of Topliss-reactive ketones (excluding diaryl/α,β-unsaturated/α-hetero) is 1. The van der Waals surface area contributed by atoms with Crippen LogP contribution in [0.4, 0.5) is 0 Å². The summed E-state index contributed by atoms with van der Waals surface area (Å²) in [5.41, 5.74) is 7.80. The average Bonchev–Trinajstić information content (AvgIpc) is 2.88.